The predicted octanol–water partition coefficient (Wildman–Crippen LogP) is 7.90. The summed E-state index contributed by atoms with van der Waals surface area (Å²) in [4.78, 5) is 41.3. The summed E-state index contributed by atoms with van der Waals surface area (Å²) in [5.41, 5.74) is 0. The quantitative estimate of drug-likeness (QED) is 0.0509. The van der Waals surface area contributed by atoms with E-state index in [1.807, 2.05) is 27.7 Å². The Hall–Kier alpha value is -1.84. The maximum atomic E-state index is 10.7. The summed E-state index contributed by atoms with van der Waals surface area (Å²) in [6.45, 7) is 12.8. The van der Waals surface area contributed by atoms with Gasteiger partial charge in [0.1, 0.15) is 0 Å². The van der Waals surface area contributed by atoms with Crippen molar-refractivity contribution in [1.82, 2.24) is 0 Å². The van der Waals surface area contributed by atoms with Crippen LogP contribution in [0.25, 0.3) is 0 Å². The number of carbonyl (C=O) groups excluding carboxylic acids is 2. The standard InChI is InChI=1S/2C8H12O4.2C8H17.Sn/c2*1-6(2)5-12-8(11)4-3-7(9)10;2*1-3-5-7-8-6-4-2;/h2*3-4,6H,5H2,1-2H3,(H,9,10);2*1,3-8H2,2H3;/b2*4-3-;;;. The van der Waals surface area contributed by atoms with Crippen LogP contribution in [-0.2, 0) is 28.7 Å². The summed E-state index contributed by atoms with van der Waals surface area (Å²) in [6.07, 6.45) is 21.1. The van der Waals surface area contributed by atoms with Crippen LogP contribution < -0.4 is 0 Å². The molecule has 41 heavy (non-hydrogen) atoms. The molecule has 0 atom stereocenters. The Morgan fingerprint density at radius 2 is 0.878 bits per heavy atom. The molecule has 0 aliphatic heterocycles. The zero-order chi connectivity index (χ0) is 31.7. The van der Waals surface area contributed by atoms with Gasteiger partial charge in [0.05, 0.1) is 13.2 Å². The summed E-state index contributed by atoms with van der Waals surface area (Å²) < 4.78 is 12.6. The van der Waals surface area contributed by atoms with Gasteiger partial charge in [-0.3, -0.25) is 0 Å². The van der Waals surface area contributed by atoms with Gasteiger partial charge in [0, 0.05) is 24.3 Å². The van der Waals surface area contributed by atoms with Gasteiger partial charge in [-0.1, -0.05) is 27.7 Å². The SMILES string of the molecule is CC(C)COC(=O)/C=C\C(=O)O.CC(C)COC(=O)/C=C\C(=O)O.CCCCCCC[CH2][Sn][CH2]CCCCCCC. The predicted molar refractivity (Wildman–Crippen MR) is 167 cm³/mol. The number of rotatable bonds is 22. The summed E-state index contributed by atoms with van der Waals surface area (Å²) >= 11 is 0.0736. The van der Waals surface area contributed by atoms with E-state index in [4.69, 9.17) is 10.2 Å². The molecule has 0 fully saturated rings. The molecule has 238 valence electrons. The Balaban J connectivity index is -0.000000542. The molecule has 0 aromatic heterocycles. The van der Waals surface area contributed by atoms with Gasteiger partial charge in [-0.25, -0.2) is 19.2 Å². The third kappa shape index (κ3) is 48.2. The van der Waals surface area contributed by atoms with Crippen molar-refractivity contribution < 1.29 is 38.9 Å². The van der Waals surface area contributed by atoms with E-state index in [0.29, 0.717) is 13.2 Å². The van der Waals surface area contributed by atoms with Gasteiger partial charge < -0.3 is 19.7 Å². The Kier molecular flexibility index (Phi) is 36.5. The molecule has 0 bridgehead atoms. The average Bonchev–Trinajstić information content (AvgIpc) is 2.91. The van der Waals surface area contributed by atoms with Crippen LogP contribution in [0.4, 0.5) is 0 Å². The van der Waals surface area contributed by atoms with Crippen LogP contribution in [0.1, 0.15) is 119 Å². The number of esters is 2. The minimum absolute atomic E-state index is 0.0736. The summed E-state index contributed by atoms with van der Waals surface area (Å²) in [5.74, 6) is -3.04. The van der Waals surface area contributed by atoms with Crippen molar-refractivity contribution in [1.29, 1.82) is 0 Å². The van der Waals surface area contributed by atoms with Crippen LogP contribution in [0.2, 0.25) is 8.87 Å². The minimum atomic E-state index is -1.16. The summed E-state index contributed by atoms with van der Waals surface area (Å²) in [5, 5.41) is 16.3. The van der Waals surface area contributed by atoms with Crippen LogP contribution in [0.15, 0.2) is 24.3 Å². The van der Waals surface area contributed by atoms with E-state index in [9.17, 15) is 19.2 Å². The van der Waals surface area contributed by atoms with Crippen molar-refractivity contribution in [2.75, 3.05) is 13.2 Å². The molecule has 0 aromatic rings. The number of carboxylic acids is 2. The van der Waals surface area contributed by atoms with E-state index < -0.39 is 23.9 Å². The van der Waals surface area contributed by atoms with Crippen molar-refractivity contribution in [3.8, 4) is 0 Å². The zero-order valence-electron chi connectivity index (χ0n) is 26.6. The van der Waals surface area contributed by atoms with Crippen LogP contribution >= 0.6 is 0 Å². The summed E-state index contributed by atoms with van der Waals surface area (Å²) in [6, 6.07) is 0. The molecule has 2 radical (unpaired) electrons. The van der Waals surface area contributed by atoms with E-state index in [2.05, 4.69) is 23.3 Å². The normalized spacial score (nSPS) is 10.7. The molecule has 8 nitrogen and oxygen atoms in total. The van der Waals surface area contributed by atoms with Gasteiger partial charge in [-0.15, -0.1) is 0 Å². The number of hydrogen-bond donors (Lipinski definition) is 2. The Morgan fingerprint density at radius 3 is 1.17 bits per heavy atom. The van der Waals surface area contributed by atoms with Crippen LogP contribution in [0, 0.1) is 11.8 Å². The maximum absolute atomic E-state index is 10.7. The topological polar surface area (TPSA) is 127 Å². The zero-order valence-corrected chi connectivity index (χ0v) is 29.5. The first-order chi connectivity index (χ1) is 19.5. The van der Waals surface area contributed by atoms with Crippen molar-refractivity contribution >= 4 is 45.0 Å². The molecule has 0 heterocycles. The van der Waals surface area contributed by atoms with Gasteiger partial charge in [-0.2, -0.15) is 0 Å². The van der Waals surface area contributed by atoms with Gasteiger partial charge in [-0.05, 0) is 11.8 Å². The number of carbonyl (C=O) groups is 4. The molecular weight excluding hydrogens is 631 g/mol. The van der Waals surface area contributed by atoms with E-state index in [1.165, 1.54) is 64.2 Å². The molecule has 9 heteroatoms. The fraction of sp³-hybridized carbons (Fsp3) is 0.750. The first-order valence-electron chi connectivity index (χ1n) is 15.3. The molecule has 0 unspecified atom stereocenters. The Bertz CT molecular complexity index is 644. The average molecular weight is 690 g/mol. The second kappa shape index (κ2) is 34.4. The van der Waals surface area contributed by atoms with Crippen molar-refractivity contribution in [2.24, 2.45) is 11.8 Å². The third-order valence-corrected chi connectivity index (χ3v) is 9.29. The molecule has 0 saturated heterocycles. The van der Waals surface area contributed by atoms with E-state index in [1.54, 1.807) is 21.7 Å². The molecular formula is C32H58O8Sn. The number of hydrogen-bond acceptors (Lipinski definition) is 6. The summed E-state index contributed by atoms with van der Waals surface area (Å²) in [7, 11) is 0. The van der Waals surface area contributed by atoms with Crippen LogP contribution in [-0.4, -0.2) is 68.4 Å². The van der Waals surface area contributed by atoms with Crippen LogP contribution in [0.3, 0.4) is 0 Å². The molecule has 0 aliphatic carbocycles. The fourth-order valence-corrected chi connectivity index (χ4v) is 6.63. The van der Waals surface area contributed by atoms with E-state index in [-0.39, 0.29) is 33.0 Å². The first kappa shape index (κ1) is 43.6. The molecule has 0 amide bonds. The number of aliphatic carboxylic acids is 2. The molecule has 0 saturated carbocycles. The van der Waals surface area contributed by atoms with Gasteiger partial charge in [0.15, 0.2) is 0 Å². The van der Waals surface area contributed by atoms with Crippen molar-refractivity contribution in [2.45, 2.75) is 127 Å². The monoisotopic (exact) mass is 690 g/mol. The van der Waals surface area contributed by atoms with Crippen LogP contribution in [0.5, 0.6) is 0 Å². The molecule has 0 rings (SSSR count). The Morgan fingerprint density at radius 1 is 0.561 bits per heavy atom. The third-order valence-electron chi connectivity index (χ3n) is 5.26. The van der Waals surface area contributed by atoms with E-state index >= 15 is 0 Å². The molecule has 0 aromatic carbocycles. The van der Waals surface area contributed by atoms with Gasteiger partial charge in [0.2, 0.25) is 0 Å². The van der Waals surface area contributed by atoms with E-state index in [0.717, 1.165) is 24.3 Å². The number of carboxylic acid groups (broad SMARTS) is 2. The second-order valence-electron chi connectivity index (χ2n) is 10.7. The van der Waals surface area contributed by atoms with Crippen molar-refractivity contribution in [3.63, 3.8) is 0 Å². The van der Waals surface area contributed by atoms with Gasteiger partial charge in [0.25, 0.3) is 0 Å². The molecule has 2 N–H and O–H groups in total. The Labute approximate surface area is 259 Å². The fourth-order valence-electron chi connectivity index (χ4n) is 3.06. The molecule has 0 aliphatic rings. The van der Waals surface area contributed by atoms with Gasteiger partial charge >= 0.3 is 145 Å². The second-order valence-corrected chi connectivity index (χ2v) is 15.0. The molecule has 0 spiro atoms. The number of unbranched alkanes of at least 4 members (excludes halogenated alkanes) is 10. The number of ether oxygens (including phenoxy) is 2. The first-order valence-corrected chi connectivity index (χ1v) is 19.4. The van der Waals surface area contributed by atoms with Crippen molar-refractivity contribution in [3.05, 3.63) is 24.3 Å².